The highest BCUT2D eigenvalue weighted by Gasteiger charge is 2.07. The Labute approximate surface area is 149 Å². The van der Waals surface area contributed by atoms with Crippen LogP contribution in [0.5, 0.6) is 5.75 Å². The van der Waals surface area contributed by atoms with E-state index in [1.807, 2.05) is 45.0 Å². The van der Waals surface area contributed by atoms with Gasteiger partial charge >= 0.3 is 6.03 Å². The first-order valence-electron chi connectivity index (χ1n) is 8.85. The number of rotatable bonds is 9. The van der Waals surface area contributed by atoms with Gasteiger partial charge in [0.2, 0.25) is 0 Å². The molecule has 0 radical (unpaired) electrons. The molecular weight excluding hydrogens is 316 g/mol. The first-order valence-corrected chi connectivity index (χ1v) is 8.85. The summed E-state index contributed by atoms with van der Waals surface area (Å²) in [6.45, 7) is 6.60. The van der Waals surface area contributed by atoms with Gasteiger partial charge in [0.05, 0.1) is 12.4 Å². The molecule has 1 atom stereocenters. The molecule has 136 valence electrons. The maximum Gasteiger partial charge on any atom is 0.315 e. The van der Waals surface area contributed by atoms with Crippen molar-refractivity contribution in [2.45, 2.75) is 52.2 Å². The lowest BCUT2D eigenvalue weighted by Gasteiger charge is -2.15. The van der Waals surface area contributed by atoms with E-state index in [4.69, 9.17) is 9.15 Å². The van der Waals surface area contributed by atoms with E-state index in [0.29, 0.717) is 13.0 Å². The average Bonchev–Trinajstić information content (AvgIpc) is 3.07. The van der Waals surface area contributed by atoms with E-state index in [2.05, 4.69) is 22.8 Å². The highest BCUT2D eigenvalue weighted by atomic mass is 16.5. The molecule has 1 aromatic heterocycles. The van der Waals surface area contributed by atoms with Gasteiger partial charge in [-0.1, -0.05) is 12.1 Å². The fraction of sp³-hybridized carbons (Fsp3) is 0.450. The first-order chi connectivity index (χ1) is 12.0. The lowest BCUT2D eigenvalue weighted by atomic mass is 10.1. The van der Waals surface area contributed by atoms with Crippen molar-refractivity contribution in [1.29, 1.82) is 0 Å². The minimum absolute atomic E-state index is 0.107. The number of aryl methyl sites for hydroxylation is 1. The van der Waals surface area contributed by atoms with E-state index in [-0.39, 0.29) is 18.2 Å². The highest BCUT2D eigenvalue weighted by molar-refractivity contribution is 5.74. The Morgan fingerprint density at radius 3 is 2.52 bits per heavy atom. The zero-order valence-electron chi connectivity index (χ0n) is 15.2. The molecule has 25 heavy (non-hydrogen) atoms. The van der Waals surface area contributed by atoms with E-state index in [1.54, 1.807) is 6.26 Å². The SMILES string of the molecule is CC(CCc1ccc(OC(C)C)cc1)NC(=O)NCCc1ccco1. The number of benzene rings is 1. The van der Waals surface area contributed by atoms with E-state index < -0.39 is 0 Å². The third kappa shape index (κ3) is 7.33. The first kappa shape index (κ1) is 18.9. The maximum atomic E-state index is 11.9. The molecule has 5 heteroatoms. The summed E-state index contributed by atoms with van der Waals surface area (Å²) in [5, 5.41) is 5.81. The van der Waals surface area contributed by atoms with Crippen molar-refractivity contribution in [3.05, 3.63) is 54.0 Å². The van der Waals surface area contributed by atoms with Crippen molar-refractivity contribution < 1.29 is 13.9 Å². The van der Waals surface area contributed by atoms with Gasteiger partial charge in [0.1, 0.15) is 11.5 Å². The lowest BCUT2D eigenvalue weighted by molar-refractivity contribution is 0.237. The van der Waals surface area contributed by atoms with Gasteiger partial charge < -0.3 is 19.8 Å². The molecule has 1 unspecified atom stereocenters. The maximum absolute atomic E-state index is 11.9. The third-order valence-electron chi connectivity index (χ3n) is 3.78. The number of hydrogen-bond acceptors (Lipinski definition) is 3. The van der Waals surface area contributed by atoms with Gasteiger partial charge in [0.15, 0.2) is 0 Å². The molecule has 0 saturated heterocycles. The minimum atomic E-state index is -0.139. The summed E-state index contributed by atoms with van der Waals surface area (Å²) in [4.78, 5) is 11.9. The summed E-state index contributed by atoms with van der Waals surface area (Å²) in [6, 6.07) is 11.9. The summed E-state index contributed by atoms with van der Waals surface area (Å²) in [5.41, 5.74) is 1.24. The summed E-state index contributed by atoms with van der Waals surface area (Å²) in [6.07, 6.45) is 4.31. The Balaban J connectivity index is 1.64. The molecule has 0 fully saturated rings. The molecule has 0 aliphatic heterocycles. The molecule has 0 bridgehead atoms. The molecule has 2 amide bonds. The number of urea groups is 1. The molecule has 0 aliphatic carbocycles. The van der Waals surface area contributed by atoms with Gasteiger partial charge in [0, 0.05) is 19.0 Å². The minimum Gasteiger partial charge on any atom is -0.491 e. The molecule has 2 N–H and O–H groups in total. The number of ether oxygens (including phenoxy) is 1. The van der Waals surface area contributed by atoms with Gasteiger partial charge in [-0.05, 0) is 63.4 Å². The number of amides is 2. The smallest absolute Gasteiger partial charge is 0.315 e. The van der Waals surface area contributed by atoms with Gasteiger partial charge in [-0.3, -0.25) is 0 Å². The molecular formula is C20H28N2O3. The largest absolute Gasteiger partial charge is 0.491 e. The third-order valence-corrected chi connectivity index (χ3v) is 3.78. The Hall–Kier alpha value is -2.43. The van der Waals surface area contributed by atoms with Crippen molar-refractivity contribution in [2.24, 2.45) is 0 Å². The molecule has 2 rings (SSSR count). The van der Waals surface area contributed by atoms with Crippen LogP contribution in [-0.4, -0.2) is 24.7 Å². The monoisotopic (exact) mass is 344 g/mol. The zero-order chi connectivity index (χ0) is 18.1. The quantitative estimate of drug-likeness (QED) is 0.724. The van der Waals surface area contributed by atoms with Crippen molar-refractivity contribution in [3.63, 3.8) is 0 Å². The normalized spacial score (nSPS) is 12.0. The number of carbonyl (C=O) groups excluding carboxylic acids is 1. The second-order valence-corrected chi connectivity index (χ2v) is 6.48. The topological polar surface area (TPSA) is 63.5 Å². The molecule has 0 spiro atoms. The Kier molecular flexibility index (Phi) is 7.38. The molecule has 1 heterocycles. The summed E-state index contributed by atoms with van der Waals surface area (Å²) >= 11 is 0. The van der Waals surface area contributed by atoms with Crippen molar-refractivity contribution in [1.82, 2.24) is 10.6 Å². The number of carbonyl (C=O) groups is 1. The van der Waals surface area contributed by atoms with E-state index in [9.17, 15) is 4.79 Å². The van der Waals surface area contributed by atoms with Gasteiger partial charge in [-0.25, -0.2) is 4.79 Å². The van der Waals surface area contributed by atoms with Crippen LogP contribution in [0.4, 0.5) is 4.79 Å². The van der Waals surface area contributed by atoms with Crippen LogP contribution in [0.25, 0.3) is 0 Å². The molecule has 5 nitrogen and oxygen atoms in total. The van der Waals surface area contributed by atoms with E-state index in [1.165, 1.54) is 5.56 Å². The predicted octanol–water partition coefficient (Wildman–Crippen LogP) is 3.93. The van der Waals surface area contributed by atoms with E-state index in [0.717, 1.165) is 24.4 Å². The molecule has 1 aromatic carbocycles. The average molecular weight is 344 g/mol. The number of hydrogen-bond donors (Lipinski definition) is 2. The van der Waals surface area contributed by atoms with Crippen LogP contribution in [0.15, 0.2) is 47.1 Å². The summed E-state index contributed by atoms with van der Waals surface area (Å²) < 4.78 is 10.9. The van der Waals surface area contributed by atoms with Crippen LogP contribution in [0, 0.1) is 0 Å². The van der Waals surface area contributed by atoms with Crippen LogP contribution in [0.2, 0.25) is 0 Å². The second kappa shape index (κ2) is 9.77. The fourth-order valence-corrected chi connectivity index (χ4v) is 2.49. The highest BCUT2D eigenvalue weighted by Crippen LogP contribution is 2.15. The Morgan fingerprint density at radius 1 is 1.12 bits per heavy atom. The molecule has 0 saturated carbocycles. The standard InChI is InChI=1S/C20H28N2O3/c1-15(2)25-19-10-8-17(9-11-19)7-6-16(3)22-20(23)21-13-12-18-5-4-14-24-18/h4-5,8-11,14-16H,6-7,12-13H2,1-3H3,(H2,21,22,23). The van der Waals surface area contributed by atoms with E-state index >= 15 is 0 Å². The fourth-order valence-electron chi connectivity index (χ4n) is 2.49. The number of nitrogens with one attached hydrogen (secondary N) is 2. The van der Waals surface area contributed by atoms with Crippen molar-refractivity contribution >= 4 is 6.03 Å². The van der Waals surface area contributed by atoms with Gasteiger partial charge in [-0.15, -0.1) is 0 Å². The van der Waals surface area contributed by atoms with Gasteiger partial charge in [0.25, 0.3) is 0 Å². The van der Waals surface area contributed by atoms with Crippen LogP contribution >= 0.6 is 0 Å². The van der Waals surface area contributed by atoms with Crippen LogP contribution in [0.3, 0.4) is 0 Å². The summed E-state index contributed by atoms with van der Waals surface area (Å²) in [7, 11) is 0. The molecule has 0 aliphatic rings. The van der Waals surface area contributed by atoms with Crippen LogP contribution in [0.1, 0.15) is 38.5 Å². The summed E-state index contributed by atoms with van der Waals surface area (Å²) in [5.74, 6) is 1.76. The Bertz CT molecular complexity index is 621. The lowest BCUT2D eigenvalue weighted by Crippen LogP contribution is -2.41. The van der Waals surface area contributed by atoms with Crippen LogP contribution in [-0.2, 0) is 12.8 Å². The van der Waals surface area contributed by atoms with Crippen molar-refractivity contribution in [2.75, 3.05) is 6.54 Å². The zero-order valence-corrected chi connectivity index (χ0v) is 15.2. The van der Waals surface area contributed by atoms with Crippen molar-refractivity contribution in [3.8, 4) is 5.75 Å². The second-order valence-electron chi connectivity index (χ2n) is 6.48. The van der Waals surface area contributed by atoms with Crippen LogP contribution < -0.4 is 15.4 Å². The Morgan fingerprint density at radius 2 is 1.88 bits per heavy atom. The van der Waals surface area contributed by atoms with Gasteiger partial charge in [-0.2, -0.15) is 0 Å². The number of furan rings is 1. The predicted molar refractivity (Wildman–Crippen MR) is 98.9 cm³/mol. The molecule has 2 aromatic rings.